The highest BCUT2D eigenvalue weighted by atomic mass is 19.1. The van der Waals surface area contributed by atoms with Crippen LogP contribution in [0, 0.1) is 5.82 Å². The minimum Gasteiger partial charge on any atom is -0.389 e. The first kappa shape index (κ1) is 16.2. The molecule has 0 fully saturated rings. The number of hydrogen-bond acceptors (Lipinski definition) is 3. The fourth-order valence-electron chi connectivity index (χ4n) is 3.12. The van der Waals surface area contributed by atoms with E-state index in [1.54, 1.807) is 18.2 Å². The number of rotatable bonds is 6. The van der Waals surface area contributed by atoms with Crippen molar-refractivity contribution in [2.75, 3.05) is 19.7 Å². The van der Waals surface area contributed by atoms with Crippen molar-refractivity contribution in [1.82, 2.24) is 9.47 Å². The molecule has 1 aromatic heterocycles. The summed E-state index contributed by atoms with van der Waals surface area (Å²) in [6.07, 6.45) is 1.52. The van der Waals surface area contributed by atoms with Gasteiger partial charge in [0.05, 0.1) is 19.3 Å². The molecule has 0 saturated carbocycles. The molecule has 0 radical (unpaired) electrons. The molecule has 0 amide bonds. The second kappa shape index (κ2) is 7.25. The van der Waals surface area contributed by atoms with Crippen LogP contribution in [0.3, 0.4) is 0 Å². The van der Waals surface area contributed by atoms with Gasteiger partial charge >= 0.3 is 0 Å². The lowest BCUT2D eigenvalue weighted by Gasteiger charge is -2.36. The molecule has 3 rings (SSSR count). The number of halogens is 1. The molecule has 23 heavy (non-hydrogen) atoms. The summed E-state index contributed by atoms with van der Waals surface area (Å²) in [5.74, 6) is -0.271. The highest BCUT2D eigenvalue weighted by molar-refractivity contribution is 5.16. The number of fused-ring (bicyclic) bond motifs is 1. The van der Waals surface area contributed by atoms with Crippen LogP contribution in [0.4, 0.5) is 4.39 Å². The van der Waals surface area contributed by atoms with Crippen molar-refractivity contribution in [3.05, 3.63) is 59.7 Å². The molecule has 2 aromatic rings. The Morgan fingerprint density at radius 3 is 2.91 bits per heavy atom. The lowest BCUT2D eigenvalue weighted by atomic mass is 10.1. The van der Waals surface area contributed by atoms with Gasteiger partial charge in [-0.25, -0.2) is 4.39 Å². The first-order chi connectivity index (χ1) is 11.1. The molecule has 1 aromatic carbocycles. The lowest BCUT2D eigenvalue weighted by molar-refractivity contribution is -0.00145. The van der Waals surface area contributed by atoms with Gasteiger partial charge in [0.2, 0.25) is 0 Å². The van der Waals surface area contributed by atoms with Crippen LogP contribution in [0.1, 0.15) is 24.2 Å². The summed E-state index contributed by atoms with van der Waals surface area (Å²) >= 11 is 0. The normalized spacial score (nSPS) is 19.5. The number of aliphatic hydroxyl groups is 1. The summed E-state index contributed by atoms with van der Waals surface area (Å²) in [5.41, 5.74) is 1.79. The van der Waals surface area contributed by atoms with Gasteiger partial charge in [-0.15, -0.1) is 0 Å². The van der Waals surface area contributed by atoms with Gasteiger partial charge in [-0.2, -0.15) is 0 Å². The standard InChI is InChI=1S/C18H23FN2O2/c1-14-18-7-4-8-20(18)9-10-21(14)11-16(22)13-23-12-15-5-2-3-6-17(15)19/h2-8,14,16,22H,9-13H2,1H3/t14-,16-/m1/s1. The summed E-state index contributed by atoms with van der Waals surface area (Å²) < 4.78 is 21.2. The summed E-state index contributed by atoms with van der Waals surface area (Å²) in [6, 6.07) is 11.0. The quantitative estimate of drug-likeness (QED) is 0.889. The van der Waals surface area contributed by atoms with Crippen LogP contribution in [0.2, 0.25) is 0 Å². The van der Waals surface area contributed by atoms with E-state index < -0.39 is 6.10 Å². The van der Waals surface area contributed by atoms with Crippen molar-refractivity contribution < 1.29 is 14.2 Å². The maximum atomic E-state index is 13.5. The molecule has 2 atom stereocenters. The smallest absolute Gasteiger partial charge is 0.128 e. The Morgan fingerprint density at radius 2 is 2.09 bits per heavy atom. The fraction of sp³-hybridized carbons (Fsp3) is 0.444. The van der Waals surface area contributed by atoms with Crippen LogP contribution in [-0.4, -0.2) is 40.4 Å². The molecule has 2 heterocycles. The number of ether oxygens (including phenoxy) is 1. The van der Waals surface area contributed by atoms with E-state index in [1.807, 2.05) is 0 Å². The Balaban J connectivity index is 1.47. The minimum atomic E-state index is -0.578. The average molecular weight is 318 g/mol. The predicted molar refractivity (Wildman–Crippen MR) is 86.5 cm³/mol. The van der Waals surface area contributed by atoms with E-state index in [2.05, 4.69) is 34.7 Å². The van der Waals surface area contributed by atoms with Gasteiger partial charge in [-0.1, -0.05) is 18.2 Å². The fourth-order valence-corrected chi connectivity index (χ4v) is 3.12. The zero-order valence-electron chi connectivity index (χ0n) is 13.4. The molecular formula is C18H23FN2O2. The summed E-state index contributed by atoms with van der Waals surface area (Å²) in [7, 11) is 0. The van der Waals surface area contributed by atoms with Crippen LogP contribution in [0.5, 0.6) is 0 Å². The monoisotopic (exact) mass is 318 g/mol. The van der Waals surface area contributed by atoms with Crippen molar-refractivity contribution in [2.45, 2.75) is 32.2 Å². The van der Waals surface area contributed by atoms with Crippen LogP contribution >= 0.6 is 0 Å². The molecule has 0 bridgehead atoms. The molecule has 5 heteroatoms. The first-order valence-electron chi connectivity index (χ1n) is 8.03. The zero-order valence-corrected chi connectivity index (χ0v) is 13.4. The van der Waals surface area contributed by atoms with Crippen molar-refractivity contribution in [3.8, 4) is 0 Å². The van der Waals surface area contributed by atoms with E-state index in [1.165, 1.54) is 11.8 Å². The van der Waals surface area contributed by atoms with Gasteiger partial charge in [0, 0.05) is 43.1 Å². The third kappa shape index (κ3) is 3.80. The second-order valence-corrected chi connectivity index (χ2v) is 6.06. The molecule has 1 aliphatic heterocycles. The number of aliphatic hydroxyl groups excluding tert-OH is 1. The van der Waals surface area contributed by atoms with Gasteiger partial charge in [0.1, 0.15) is 5.82 Å². The molecule has 0 unspecified atom stereocenters. The van der Waals surface area contributed by atoms with Crippen molar-refractivity contribution in [1.29, 1.82) is 0 Å². The van der Waals surface area contributed by atoms with Gasteiger partial charge < -0.3 is 14.4 Å². The van der Waals surface area contributed by atoms with E-state index in [-0.39, 0.29) is 25.1 Å². The van der Waals surface area contributed by atoms with E-state index in [0.29, 0.717) is 12.1 Å². The molecular weight excluding hydrogens is 295 g/mol. The summed E-state index contributed by atoms with van der Waals surface area (Å²) in [4.78, 5) is 2.26. The van der Waals surface area contributed by atoms with E-state index in [0.717, 1.165) is 13.1 Å². The number of nitrogens with zero attached hydrogens (tertiary/aromatic N) is 2. The average Bonchev–Trinajstić information content (AvgIpc) is 3.01. The van der Waals surface area contributed by atoms with Crippen molar-refractivity contribution >= 4 is 0 Å². The number of β-amino-alcohol motifs (C(OH)–C–C–N with tert-alkyl or cyclic N) is 1. The predicted octanol–water partition coefficient (Wildman–Crippen LogP) is 2.58. The van der Waals surface area contributed by atoms with Gasteiger partial charge in [-0.3, -0.25) is 4.90 Å². The lowest BCUT2D eigenvalue weighted by Crippen LogP contribution is -2.42. The maximum Gasteiger partial charge on any atom is 0.128 e. The Bertz CT molecular complexity index is 643. The molecule has 0 aliphatic carbocycles. The third-order valence-corrected chi connectivity index (χ3v) is 4.44. The topological polar surface area (TPSA) is 37.6 Å². The Hall–Kier alpha value is -1.69. The Kier molecular flexibility index (Phi) is 5.10. The van der Waals surface area contributed by atoms with Crippen LogP contribution < -0.4 is 0 Å². The Labute approximate surface area is 136 Å². The number of benzene rings is 1. The highest BCUT2D eigenvalue weighted by Gasteiger charge is 2.25. The second-order valence-electron chi connectivity index (χ2n) is 6.06. The minimum absolute atomic E-state index is 0.183. The van der Waals surface area contributed by atoms with Crippen LogP contribution in [-0.2, 0) is 17.9 Å². The van der Waals surface area contributed by atoms with Crippen LogP contribution in [0.15, 0.2) is 42.6 Å². The molecule has 1 N–H and O–H groups in total. The highest BCUT2D eigenvalue weighted by Crippen LogP contribution is 2.25. The van der Waals surface area contributed by atoms with Gasteiger partial charge in [0.15, 0.2) is 0 Å². The number of hydrogen-bond donors (Lipinski definition) is 1. The SMILES string of the molecule is C[C@@H]1c2cccn2CCN1C[C@@H](O)COCc1ccccc1F. The van der Waals surface area contributed by atoms with Crippen LogP contribution in [0.25, 0.3) is 0 Å². The largest absolute Gasteiger partial charge is 0.389 e. The van der Waals surface area contributed by atoms with E-state index >= 15 is 0 Å². The Morgan fingerprint density at radius 1 is 1.26 bits per heavy atom. The van der Waals surface area contributed by atoms with Crippen molar-refractivity contribution in [2.24, 2.45) is 0 Å². The van der Waals surface area contributed by atoms with Gasteiger partial charge in [0.25, 0.3) is 0 Å². The van der Waals surface area contributed by atoms with E-state index in [4.69, 9.17) is 4.74 Å². The van der Waals surface area contributed by atoms with E-state index in [9.17, 15) is 9.50 Å². The molecule has 0 saturated heterocycles. The zero-order chi connectivity index (χ0) is 16.2. The summed E-state index contributed by atoms with van der Waals surface area (Å²) in [5, 5.41) is 10.2. The molecule has 124 valence electrons. The number of aromatic nitrogens is 1. The third-order valence-electron chi connectivity index (χ3n) is 4.44. The van der Waals surface area contributed by atoms with Crippen molar-refractivity contribution in [3.63, 3.8) is 0 Å². The summed E-state index contributed by atoms with van der Waals surface area (Å²) in [6.45, 7) is 4.95. The van der Waals surface area contributed by atoms with Gasteiger partial charge in [-0.05, 0) is 25.1 Å². The molecule has 4 nitrogen and oxygen atoms in total. The molecule has 0 spiro atoms. The maximum absolute atomic E-state index is 13.5. The first-order valence-corrected chi connectivity index (χ1v) is 8.03. The molecule has 1 aliphatic rings.